The van der Waals surface area contributed by atoms with Crippen LogP contribution in [0, 0.1) is 0 Å². The Kier molecular flexibility index (Phi) is 4.16. The van der Waals surface area contributed by atoms with Crippen molar-refractivity contribution in [3.05, 3.63) is 77.4 Å². The van der Waals surface area contributed by atoms with Crippen molar-refractivity contribution in [3.8, 4) is 5.75 Å². The highest BCUT2D eigenvalue weighted by Crippen LogP contribution is 2.26. The number of aromatic hydroxyl groups is 1. The van der Waals surface area contributed by atoms with E-state index in [-0.39, 0.29) is 23.5 Å². The summed E-state index contributed by atoms with van der Waals surface area (Å²) in [5.41, 5.74) is 6.50. The van der Waals surface area contributed by atoms with Crippen molar-refractivity contribution in [2.24, 2.45) is 5.73 Å². The first-order valence-corrected chi connectivity index (χ1v) is 7.33. The molecule has 0 spiro atoms. The predicted molar refractivity (Wildman–Crippen MR) is 89.7 cm³/mol. The molecule has 0 aliphatic rings. The molecule has 0 atom stereocenters. The van der Waals surface area contributed by atoms with E-state index in [1.807, 2.05) is 30.3 Å². The molecule has 3 rings (SSSR count). The minimum absolute atomic E-state index is 0.0670. The van der Waals surface area contributed by atoms with Crippen molar-refractivity contribution in [3.63, 3.8) is 0 Å². The standard InChI is InChI=1S/C19H15NO4/c20-18(22)17-15-9-7-14(21)10-13(15)6-8-16(17)19(23)24-11-12-4-2-1-3-5-12/h1-10,21H,11H2,(H2,20,22). The number of nitrogens with two attached hydrogens (primary N) is 1. The van der Waals surface area contributed by atoms with Gasteiger partial charge in [0.1, 0.15) is 12.4 Å². The lowest BCUT2D eigenvalue weighted by Crippen LogP contribution is -2.18. The SMILES string of the molecule is NC(=O)c1c(C(=O)OCc2ccccc2)ccc2cc(O)ccc12. The summed E-state index contributed by atoms with van der Waals surface area (Å²) in [7, 11) is 0. The van der Waals surface area contributed by atoms with E-state index >= 15 is 0 Å². The van der Waals surface area contributed by atoms with Crippen molar-refractivity contribution >= 4 is 22.6 Å². The van der Waals surface area contributed by atoms with Crippen molar-refractivity contribution in [2.75, 3.05) is 0 Å². The number of rotatable bonds is 4. The zero-order valence-electron chi connectivity index (χ0n) is 12.7. The fraction of sp³-hybridized carbons (Fsp3) is 0.0526. The number of hydrogen-bond donors (Lipinski definition) is 2. The van der Waals surface area contributed by atoms with Gasteiger partial charge in [-0.3, -0.25) is 4.79 Å². The van der Waals surface area contributed by atoms with Gasteiger partial charge in [0.05, 0.1) is 11.1 Å². The maximum Gasteiger partial charge on any atom is 0.339 e. The molecule has 0 aromatic heterocycles. The van der Waals surface area contributed by atoms with E-state index in [1.165, 1.54) is 18.2 Å². The zero-order valence-corrected chi connectivity index (χ0v) is 12.7. The number of amides is 1. The number of benzene rings is 3. The number of ether oxygens (including phenoxy) is 1. The molecule has 1 amide bonds. The molecule has 5 nitrogen and oxygen atoms in total. The van der Waals surface area contributed by atoms with Gasteiger partial charge in [-0.15, -0.1) is 0 Å². The number of fused-ring (bicyclic) bond motifs is 1. The van der Waals surface area contributed by atoms with Crippen LogP contribution in [0.4, 0.5) is 0 Å². The largest absolute Gasteiger partial charge is 0.508 e. The summed E-state index contributed by atoms with van der Waals surface area (Å²) in [4.78, 5) is 24.2. The first kappa shape index (κ1) is 15.6. The molecule has 0 fully saturated rings. The molecule has 3 aromatic carbocycles. The van der Waals surface area contributed by atoms with Crippen molar-refractivity contribution in [1.82, 2.24) is 0 Å². The summed E-state index contributed by atoms with van der Waals surface area (Å²) in [6.45, 7) is 0.103. The lowest BCUT2D eigenvalue weighted by atomic mass is 9.98. The molecule has 0 unspecified atom stereocenters. The summed E-state index contributed by atoms with van der Waals surface area (Å²) in [6, 6.07) is 16.9. The molecule has 3 aromatic rings. The van der Waals surface area contributed by atoms with Crippen molar-refractivity contribution in [1.29, 1.82) is 0 Å². The Bertz CT molecular complexity index is 919. The average Bonchev–Trinajstić information content (AvgIpc) is 2.59. The summed E-state index contributed by atoms with van der Waals surface area (Å²) in [5.74, 6) is -1.28. The molecule has 0 saturated carbocycles. The van der Waals surface area contributed by atoms with Gasteiger partial charge in [0.2, 0.25) is 5.91 Å². The van der Waals surface area contributed by atoms with Gasteiger partial charge in [-0.05, 0) is 40.6 Å². The molecular formula is C19H15NO4. The first-order chi connectivity index (χ1) is 11.6. The molecule has 0 bridgehead atoms. The van der Waals surface area contributed by atoms with E-state index in [2.05, 4.69) is 0 Å². The normalized spacial score (nSPS) is 10.5. The van der Waals surface area contributed by atoms with Crippen molar-refractivity contribution in [2.45, 2.75) is 6.61 Å². The molecule has 0 heterocycles. The Hall–Kier alpha value is -3.34. The van der Waals surface area contributed by atoms with Gasteiger partial charge in [-0.25, -0.2) is 4.79 Å². The molecule has 5 heteroatoms. The lowest BCUT2D eigenvalue weighted by molar-refractivity contribution is 0.0470. The van der Waals surface area contributed by atoms with Crippen LogP contribution in [-0.4, -0.2) is 17.0 Å². The Morgan fingerprint density at radius 3 is 2.46 bits per heavy atom. The third-order valence-electron chi connectivity index (χ3n) is 3.68. The molecule has 0 aliphatic carbocycles. The second-order valence-electron chi connectivity index (χ2n) is 5.32. The van der Waals surface area contributed by atoms with E-state index < -0.39 is 11.9 Å². The number of carbonyl (C=O) groups is 2. The molecule has 0 aliphatic heterocycles. The van der Waals surface area contributed by atoms with Gasteiger partial charge in [0.15, 0.2) is 0 Å². The van der Waals surface area contributed by atoms with Crippen LogP contribution in [0.15, 0.2) is 60.7 Å². The topological polar surface area (TPSA) is 89.6 Å². The van der Waals surface area contributed by atoms with Gasteiger partial charge in [0, 0.05) is 0 Å². The summed E-state index contributed by atoms with van der Waals surface area (Å²) >= 11 is 0. The minimum Gasteiger partial charge on any atom is -0.508 e. The third-order valence-corrected chi connectivity index (χ3v) is 3.68. The van der Waals surface area contributed by atoms with Gasteiger partial charge in [-0.1, -0.05) is 36.4 Å². The van der Waals surface area contributed by atoms with E-state index in [1.54, 1.807) is 12.1 Å². The number of carbonyl (C=O) groups excluding carboxylic acids is 2. The van der Waals surface area contributed by atoms with Gasteiger partial charge in [0.25, 0.3) is 0 Å². The summed E-state index contributed by atoms with van der Waals surface area (Å²) in [6.07, 6.45) is 0. The number of phenolic OH excluding ortho intramolecular Hbond substituents is 1. The molecule has 0 radical (unpaired) electrons. The molecule has 0 saturated heterocycles. The van der Waals surface area contributed by atoms with Crippen LogP contribution < -0.4 is 5.73 Å². The maximum absolute atomic E-state index is 12.4. The number of phenols is 1. The molecular weight excluding hydrogens is 306 g/mol. The van der Waals surface area contributed by atoms with E-state index in [0.717, 1.165) is 5.56 Å². The van der Waals surface area contributed by atoms with Crippen LogP contribution in [0.5, 0.6) is 5.75 Å². The number of hydrogen-bond acceptors (Lipinski definition) is 4. The van der Waals surface area contributed by atoms with E-state index in [9.17, 15) is 14.7 Å². The maximum atomic E-state index is 12.4. The lowest BCUT2D eigenvalue weighted by Gasteiger charge is -2.11. The smallest absolute Gasteiger partial charge is 0.339 e. The second kappa shape index (κ2) is 6.42. The predicted octanol–water partition coefficient (Wildman–Crippen LogP) is 3.00. The number of esters is 1. The highest BCUT2D eigenvalue weighted by molar-refractivity contribution is 6.14. The van der Waals surface area contributed by atoms with Crippen LogP contribution in [0.1, 0.15) is 26.3 Å². The van der Waals surface area contributed by atoms with Crippen LogP contribution in [0.3, 0.4) is 0 Å². The average molecular weight is 321 g/mol. The van der Waals surface area contributed by atoms with Crippen LogP contribution >= 0.6 is 0 Å². The summed E-state index contributed by atoms with van der Waals surface area (Å²) < 4.78 is 5.28. The Balaban J connectivity index is 1.96. The molecule has 120 valence electrons. The number of primary amides is 1. The van der Waals surface area contributed by atoms with Crippen LogP contribution in [-0.2, 0) is 11.3 Å². The Morgan fingerprint density at radius 1 is 1.00 bits per heavy atom. The zero-order chi connectivity index (χ0) is 17.1. The molecule has 24 heavy (non-hydrogen) atoms. The highest BCUT2D eigenvalue weighted by Gasteiger charge is 2.19. The van der Waals surface area contributed by atoms with Crippen LogP contribution in [0.25, 0.3) is 10.8 Å². The van der Waals surface area contributed by atoms with E-state index in [0.29, 0.717) is 10.8 Å². The van der Waals surface area contributed by atoms with Crippen LogP contribution in [0.2, 0.25) is 0 Å². The Morgan fingerprint density at radius 2 is 1.75 bits per heavy atom. The quantitative estimate of drug-likeness (QED) is 0.723. The molecule has 3 N–H and O–H groups in total. The fourth-order valence-corrected chi connectivity index (χ4v) is 2.55. The second-order valence-corrected chi connectivity index (χ2v) is 5.32. The minimum atomic E-state index is -0.724. The van der Waals surface area contributed by atoms with Gasteiger partial charge in [-0.2, -0.15) is 0 Å². The highest BCUT2D eigenvalue weighted by atomic mass is 16.5. The first-order valence-electron chi connectivity index (χ1n) is 7.33. The van der Waals surface area contributed by atoms with Crippen molar-refractivity contribution < 1.29 is 19.4 Å². The third kappa shape index (κ3) is 3.05. The monoisotopic (exact) mass is 321 g/mol. The summed E-state index contributed by atoms with van der Waals surface area (Å²) in [5, 5.41) is 10.6. The fourth-order valence-electron chi connectivity index (χ4n) is 2.55. The van der Waals surface area contributed by atoms with Gasteiger partial charge < -0.3 is 15.6 Å². The van der Waals surface area contributed by atoms with Gasteiger partial charge >= 0.3 is 5.97 Å². The Labute approximate surface area is 138 Å². The van der Waals surface area contributed by atoms with E-state index in [4.69, 9.17) is 10.5 Å².